The Balaban J connectivity index is 1.31. The molecule has 2 aliphatic rings. The van der Waals surface area contributed by atoms with Crippen molar-refractivity contribution >= 4 is 55.3 Å². The maximum Gasteiger partial charge on any atom is 0.319 e. The zero-order valence-electron chi connectivity index (χ0n) is 18.9. The third-order valence-corrected chi connectivity index (χ3v) is 7.31. The van der Waals surface area contributed by atoms with Gasteiger partial charge in [-0.2, -0.15) is 4.98 Å². The summed E-state index contributed by atoms with van der Waals surface area (Å²) < 4.78 is 15.3. The fourth-order valence-corrected chi connectivity index (χ4v) is 5.84. The Kier molecular flexibility index (Phi) is 7.73. The second kappa shape index (κ2) is 10.5. The number of carbonyl (C=O) groups excluding carboxylic acids is 1. The molecule has 1 heterocycles. The van der Waals surface area contributed by atoms with Crippen molar-refractivity contribution in [2.75, 3.05) is 29.6 Å². The first-order valence-electron chi connectivity index (χ1n) is 11.4. The van der Waals surface area contributed by atoms with Crippen LogP contribution in [0.3, 0.4) is 0 Å². The molecule has 4 rings (SSSR count). The molecule has 2 aliphatic carbocycles. The molecule has 3 N–H and O–H groups in total. The number of nitrogens with one attached hydrogen (secondary N) is 3. The molecule has 0 unspecified atom stereocenters. The summed E-state index contributed by atoms with van der Waals surface area (Å²) in [4.78, 5) is 24.1. The third kappa shape index (κ3) is 5.95. The van der Waals surface area contributed by atoms with Gasteiger partial charge in [0.2, 0.25) is 5.95 Å². The summed E-state index contributed by atoms with van der Waals surface area (Å²) in [7, 11) is 4.06. The number of hydrogen-bond acceptors (Lipinski definition) is 5. The first-order valence-corrected chi connectivity index (χ1v) is 12.9. The number of carbonyl (C=O) groups is 1. The van der Waals surface area contributed by atoms with Crippen molar-refractivity contribution < 1.29 is 9.18 Å². The Morgan fingerprint density at radius 2 is 1.76 bits per heavy atom. The van der Waals surface area contributed by atoms with E-state index < -0.39 is 11.8 Å². The van der Waals surface area contributed by atoms with Gasteiger partial charge in [0.05, 0.1) is 11.4 Å². The molecule has 0 saturated heterocycles. The van der Waals surface area contributed by atoms with E-state index in [4.69, 9.17) is 9.97 Å². The van der Waals surface area contributed by atoms with Gasteiger partial charge in [0, 0.05) is 40.7 Å². The molecule has 33 heavy (non-hydrogen) atoms. The summed E-state index contributed by atoms with van der Waals surface area (Å²) in [6.45, 7) is 0. The zero-order valence-corrected chi connectivity index (χ0v) is 22.0. The van der Waals surface area contributed by atoms with Gasteiger partial charge in [-0.1, -0.05) is 15.9 Å². The van der Waals surface area contributed by atoms with Crippen LogP contribution in [0.5, 0.6) is 0 Å². The Morgan fingerprint density at radius 1 is 1.06 bits per heavy atom. The quantitative estimate of drug-likeness (QED) is 0.425. The molecular formula is C23H29Br2FN6O. The van der Waals surface area contributed by atoms with Gasteiger partial charge in [0.25, 0.3) is 0 Å². The Morgan fingerprint density at radius 3 is 2.45 bits per heavy atom. The molecule has 0 atom stereocenters. The maximum absolute atomic E-state index is 14.2. The van der Waals surface area contributed by atoms with Crippen molar-refractivity contribution in [3.05, 3.63) is 38.2 Å². The van der Waals surface area contributed by atoms with Crippen LogP contribution in [0.2, 0.25) is 0 Å². The highest BCUT2D eigenvalue weighted by atomic mass is 79.9. The number of amides is 2. The van der Waals surface area contributed by atoms with Gasteiger partial charge >= 0.3 is 6.03 Å². The van der Waals surface area contributed by atoms with Crippen LogP contribution in [-0.2, 0) is 12.8 Å². The van der Waals surface area contributed by atoms with Gasteiger partial charge < -0.3 is 20.9 Å². The van der Waals surface area contributed by atoms with Crippen LogP contribution < -0.4 is 20.9 Å². The first kappa shape index (κ1) is 24.2. The van der Waals surface area contributed by atoms with Crippen molar-refractivity contribution in [1.82, 2.24) is 15.3 Å². The number of anilines is 3. The average Bonchev–Trinajstić information content (AvgIpc) is 2.77. The first-order chi connectivity index (χ1) is 15.8. The van der Waals surface area contributed by atoms with Crippen LogP contribution in [0.25, 0.3) is 0 Å². The van der Waals surface area contributed by atoms with E-state index in [1.165, 1.54) is 30.2 Å². The minimum atomic E-state index is -0.499. The normalized spacial score (nSPS) is 20.0. The van der Waals surface area contributed by atoms with Crippen molar-refractivity contribution in [2.45, 2.75) is 63.5 Å². The van der Waals surface area contributed by atoms with E-state index in [9.17, 15) is 9.18 Å². The molecule has 1 fully saturated rings. The van der Waals surface area contributed by atoms with Crippen LogP contribution in [0, 0.1) is 5.82 Å². The molecule has 0 aliphatic heterocycles. The van der Waals surface area contributed by atoms with Gasteiger partial charge in [-0.25, -0.2) is 14.2 Å². The monoisotopic (exact) mass is 582 g/mol. The largest absolute Gasteiger partial charge is 0.362 e. The fraction of sp³-hybridized carbons (Fsp3) is 0.522. The number of aromatic nitrogens is 2. The van der Waals surface area contributed by atoms with Gasteiger partial charge in [-0.15, -0.1) is 0 Å². The van der Waals surface area contributed by atoms with E-state index in [0.717, 1.165) is 44.3 Å². The van der Waals surface area contributed by atoms with Crippen LogP contribution in [0.4, 0.5) is 26.6 Å². The van der Waals surface area contributed by atoms with Gasteiger partial charge in [0.15, 0.2) is 0 Å². The van der Waals surface area contributed by atoms with Gasteiger partial charge in [-0.3, -0.25) is 0 Å². The molecule has 0 radical (unpaired) electrons. The summed E-state index contributed by atoms with van der Waals surface area (Å²) in [6, 6.07) is 2.92. The lowest BCUT2D eigenvalue weighted by molar-refractivity contribution is 0.243. The molecule has 178 valence electrons. The number of hydrogen-bond donors (Lipinski definition) is 3. The van der Waals surface area contributed by atoms with Crippen LogP contribution in [0.15, 0.2) is 21.1 Å². The topological polar surface area (TPSA) is 82.2 Å². The van der Waals surface area contributed by atoms with Crippen molar-refractivity contribution in [3.8, 4) is 0 Å². The van der Waals surface area contributed by atoms with Crippen LogP contribution in [-0.4, -0.2) is 42.2 Å². The molecule has 1 saturated carbocycles. The van der Waals surface area contributed by atoms with E-state index >= 15 is 0 Å². The standard InChI is InChI=1S/C23H29Br2FN6O/c1-32(2)21-16-5-3-4-6-19(16)29-22(31-21)27-14-7-9-15(10-8-14)28-23(33)30-20-17(25)11-13(24)12-18(20)26/h11-12,14-15H,3-10H2,1-2H3,(H,27,29,31)(H2,28,30,33)/t14-,15+. The second-order valence-corrected chi connectivity index (χ2v) is 10.7. The number of rotatable bonds is 5. The second-order valence-electron chi connectivity index (χ2n) is 8.93. The fourth-order valence-electron chi connectivity index (χ4n) is 4.57. The summed E-state index contributed by atoms with van der Waals surface area (Å²) in [5.74, 6) is 1.21. The molecule has 2 aromatic rings. The number of benzene rings is 1. The van der Waals surface area contributed by atoms with E-state index in [2.05, 4.69) is 52.7 Å². The lowest BCUT2D eigenvalue weighted by Crippen LogP contribution is -2.42. The predicted molar refractivity (Wildman–Crippen MR) is 137 cm³/mol. The molecular weight excluding hydrogens is 555 g/mol. The summed E-state index contributed by atoms with van der Waals surface area (Å²) in [6.07, 6.45) is 7.89. The van der Waals surface area contributed by atoms with E-state index in [1.54, 1.807) is 6.07 Å². The van der Waals surface area contributed by atoms with Gasteiger partial charge in [0.1, 0.15) is 11.6 Å². The summed E-state index contributed by atoms with van der Waals surface area (Å²) >= 11 is 6.53. The minimum Gasteiger partial charge on any atom is -0.362 e. The molecule has 0 spiro atoms. The molecule has 7 nitrogen and oxygen atoms in total. The van der Waals surface area contributed by atoms with Crippen molar-refractivity contribution in [3.63, 3.8) is 0 Å². The predicted octanol–water partition coefficient (Wildman–Crippen LogP) is 5.63. The highest BCUT2D eigenvalue weighted by Crippen LogP contribution is 2.31. The number of halogens is 3. The van der Waals surface area contributed by atoms with Crippen molar-refractivity contribution in [2.24, 2.45) is 0 Å². The highest BCUT2D eigenvalue weighted by Gasteiger charge is 2.25. The number of urea groups is 1. The van der Waals surface area contributed by atoms with Crippen LogP contribution in [0.1, 0.15) is 49.8 Å². The zero-order chi connectivity index (χ0) is 23.5. The van der Waals surface area contributed by atoms with Gasteiger partial charge in [-0.05, 0) is 79.4 Å². The molecule has 1 aromatic carbocycles. The smallest absolute Gasteiger partial charge is 0.319 e. The van der Waals surface area contributed by atoms with E-state index in [0.29, 0.717) is 14.9 Å². The highest BCUT2D eigenvalue weighted by molar-refractivity contribution is 9.11. The van der Waals surface area contributed by atoms with Crippen LogP contribution >= 0.6 is 31.9 Å². The minimum absolute atomic E-state index is 0.0436. The number of aryl methyl sites for hydroxylation is 1. The lowest BCUT2D eigenvalue weighted by atomic mass is 9.91. The van der Waals surface area contributed by atoms with Crippen molar-refractivity contribution in [1.29, 1.82) is 0 Å². The molecule has 2 amide bonds. The third-order valence-electron chi connectivity index (χ3n) is 6.23. The number of nitrogens with zero attached hydrogens (tertiary/aromatic N) is 3. The summed E-state index contributed by atoms with van der Waals surface area (Å²) in [5, 5.41) is 9.11. The SMILES string of the molecule is CN(C)c1nc(N[C@H]2CC[C@@H](NC(=O)Nc3c(F)cc(Br)cc3Br)CC2)nc2c1CCCC2. The average molecular weight is 584 g/mol. The molecule has 0 bridgehead atoms. The Bertz CT molecular complexity index is 1000. The Labute approximate surface area is 210 Å². The number of fused-ring (bicyclic) bond motifs is 1. The molecule has 1 aromatic heterocycles. The van der Waals surface area contributed by atoms with E-state index in [-0.39, 0.29) is 17.8 Å². The lowest BCUT2D eigenvalue weighted by Gasteiger charge is -2.30. The summed E-state index contributed by atoms with van der Waals surface area (Å²) in [5.41, 5.74) is 2.58. The molecule has 10 heteroatoms. The maximum atomic E-state index is 14.2. The van der Waals surface area contributed by atoms with E-state index in [1.807, 2.05) is 14.1 Å². The Hall–Kier alpha value is -1.94.